The standard InChI is InChI=1S/C9H7BrF2N2/c1-2-7-8(10)14-4-5(11)3-6(12)9(14)13-7/h3-4H,2H2,1H3. The van der Waals surface area contributed by atoms with Gasteiger partial charge in [-0.2, -0.15) is 0 Å². The first-order chi connectivity index (χ1) is 6.63. The topological polar surface area (TPSA) is 17.3 Å². The van der Waals surface area contributed by atoms with E-state index >= 15 is 0 Å². The van der Waals surface area contributed by atoms with Gasteiger partial charge >= 0.3 is 0 Å². The van der Waals surface area contributed by atoms with Crippen molar-refractivity contribution in [3.63, 3.8) is 0 Å². The fourth-order valence-electron chi connectivity index (χ4n) is 1.32. The van der Waals surface area contributed by atoms with Gasteiger partial charge in [0.2, 0.25) is 0 Å². The molecule has 74 valence electrons. The highest BCUT2D eigenvalue weighted by Gasteiger charge is 2.12. The Morgan fingerprint density at radius 1 is 1.50 bits per heavy atom. The summed E-state index contributed by atoms with van der Waals surface area (Å²) in [6, 6.07) is 0.828. The van der Waals surface area contributed by atoms with E-state index in [1.165, 1.54) is 10.6 Å². The fraction of sp³-hybridized carbons (Fsp3) is 0.222. The van der Waals surface area contributed by atoms with Crippen LogP contribution >= 0.6 is 15.9 Å². The van der Waals surface area contributed by atoms with Crippen molar-refractivity contribution in [2.75, 3.05) is 0 Å². The third-order valence-corrected chi connectivity index (χ3v) is 2.82. The highest BCUT2D eigenvalue weighted by atomic mass is 79.9. The molecule has 14 heavy (non-hydrogen) atoms. The molecule has 2 aromatic heterocycles. The van der Waals surface area contributed by atoms with Crippen molar-refractivity contribution in [1.29, 1.82) is 0 Å². The van der Waals surface area contributed by atoms with Crippen LogP contribution in [0.2, 0.25) is 0 Å². The molecule has 0 radical (unpaired) electrons. The van der Waals surface area contributed by atoms with E-state index in [1.807, 2.05) is 6.92 Å². The molecule has 0 saturated carbocycles. The zero-order valence-corrected chi connectivity index (χ0v) is 8.98. The molecule has 0 aliphatic rings. The summed E-state index contributed by atoms with van der Waals surface area (Å²) in [7, 11) is 0. The summed E-state index contributed by atoms with van der Waals surface area (Å²) in [5.74, 6) is -1.26. The van der Waals surface area contributed by atoms with Crippen LogP contribution < -0.4 is 0 Å². The first-order valence-corrected chi connectivity index (χ1v) is 4.94. The molecule has 0 bridgehead atoms. The maximum atomic E-state index is 13.2. The average molecular weight is 261 g/mol. The number of nitrogens with zero attached hydrogens (tertiary/aromatic N) is 2. The van der Waals surface area contributed by atoms with E-state index in [1.54, 1.807) is 0 Å². The molecule has 0 atom stereocenters. The Morgan fingerprint density at radius 3 is 2.86 bits per heavy atom. The fourth-order valence-corrected chi connectivity index (χ4v) is 1.96. The van der Waals surface area contributed by atoms with Crippen molar-refractivity contribution >= 4 is 21.6 Å². The molecular formula is C9H7BrF2N2. The minimum absolute atomic E-state index is 0.148. The van der Waals surface area contributed by atoms with Crippen LogP contribution in [0.15, 0.2) is 16.9 Å². The Bertz CT molecular complexity index is 493. The molecule has 2 rings (SSSR count). The van der Waals surface area contributed by atoms with Gasteiger partial charge in [-0.3, -0.25) is 4.40 Å². The van der Waals surface area contributed by atoms with Crippen molar-refractivity contribution in [1.82, 2.24) is 9.38 Å². The number of fused-ring (bicyclic) bond motifs is 1. The van der Waals surface area contributed by atoms with Gasteiger partial charge in [0.1, 0.15) is 10.4 Å². The van der Waals surface area contributed by atoms with Crippen LogP contribution in [0.3, 0.4) is 0 Å². The van der Waals surface area contributed by atoms with E-state index in [0.29, 0.717) is 11.0 Å². The highest BCUT2D eigenvalue weighted by molar-refractivity contribution is 9.10. The number of halogens is 3. The minimum atomic E-state index is -0.648. The summed E-state index contributed by atoms with van der Waals surface area (Å²) >= 11 is 3.25. The maximum absolute atomic E-state index is 13.2. The van der Waals surface area contributed by atoms with Crippen molar-refractivity contribution in [2.45, 2.75) is 13.3 Å². The van der Waals surface area contributed by atoms with Crippen molar-refractivity contribution in [3.8, 4) is 0 Å². The summed E-state index contributed by atoms with van der Waals surface area (Å²) in [5.41, 5.74) is 0.865. The largest absolute Gasteiger partial charge is 0.289 e. The van der Waals surface area contributed by atoms with E-state index in [0.717, 1.165) is 11.8 Å². The summed E-state index contributed by atoms with van der Waals surface area (Å²) in [5, 5.41) is 0. The molecule has 0 aromatic carbocycles. The van der Waals surface area contributed by atoms with Gasteiger partial charge in [-0.05, 0) is 22.4 Å². The number of pyridine rings is 1. The minimum Gasteiger partial charge on any atom is -0.289 e. The summed E-state index contributed by atoms with van der Waals surface area (Å²) in [6.45, 7) is 1.90. The van der Waals surface area contributed by atoms with Gasteiger partial charge in [-0.15, -0.1) is 0 Å². The molecule has 0 aliphatic heterocycles. The summed E-state index contributed by atoms with van der Waals surface area (Å²) < 4.78 is 28.1. The first kappa shape index (κ1) is 9.58. The molecule has 5 heteroatoms. The third-order valence-electron chi connectivity index (χ3n) is 1.98. The molecule has 2 nitrogen and oxygen atoms in total. The smallest absolute Gasteiger partial charge is 0.174 e. The van der Waals surface area contributed by atoms with E-state index < -0.39 is 11.6 Å². The van der Waals surface area contributed by atoms with Crippen LogP contribution in [0.1, 0.15) is 12.6 Å². The molecule has 0 amide bonds. The monoisotopic (exact) mass is 260 g/mol. The van der Waals surface area contributed by atoms with Crippen molar-refractivity contribution in [3.05, 3.63) is 34.2 Å². The normalized spacial score (nSPS) is 11.1. The Hall–Kier alpha value is -0.970. The second-order valence-corrected chi connectivity index (χ2v) is 3.65. The zero-order chi connectivity index (χ0) is 10.3. The van der Waals surface area contributed by atoms with Crippen LogP contribution in [0.4, 0.5) is 8.78 Å². The molecule has 0 fully saturated rings. The van der Waals surface area contributed by atoms with E-state index in [4.69, 9.17) is 0 Å². The number of rotatable bonds is 1. The summed E-state index contributed by atoms with van der Waals surface area (Å²) in [4.78, 5) is 4.05. The molecule has 0 N–H and O–H groups in total. The van der Waals surface area contributed by atoms with Crippen molar-refractivity contribution in [2.24, 2.45) is 0 Å². The lowest BCUT2D eigenvalue weighted by Crippen LogP contribution is -1.91. The van der Waals surface area contributed by atoms with Gasteiger partial charge in [-0.1, -0.05) is 6.92 Å². The lowest BCUT2D eigenvalue weighted by molar-refractivity contribution is 0.576. The van der Waals surface area contributed by atoms with E-state index in [9.17, 15) is 8.78 Å². The van der Waals surface area contributed by atoms with Gasteiger partial charge in [0.25, 0.3) is 0 Å². The lowest BCUT2D eigenvalue weighted by Gasteiger charge is -1.96. The van der Waals surface area contributed by atoms with Gasteiger partial charge in [-0.25, -0.2) is 13.8 Å². The van der Waals surface area contributed by atoms with E-state index in [-0.39, 0.29) is 5.65 Å². The Kier molecular flexibility index (Phi) is 2.26. The zero-order valence-electron chi connectivity index (χ0n) is 7.39. The average Bonchev–Trinajstić information content (AvgIpc) is 2.44. The van der Waals surface area contributed by atoms with Gasteiger partial charge in [0.15, 0.2) is 11.5 Å². The summed E-state index contributed by atoms with van der Waals surface area (Å²) in [6.07, 6.45) is 1.87. The number of imidazole rings is 1. The first-order valence-electron chi connectivity index (χ1n) is 4.15. The van der Waals surface area contributed by atoms with Crippen molar-refractivity contribution < 1.29 is 8.78 Å². The number of hydrogen-bond acceptors (Lipinski definition) is 1. The predicted octanol–water partition coefficient (Wildman–Crippen LogP) is 2.94. The maximum Gasteiger partial charge on any atom is 0.174 e. The van der Waals surface area contributed by atoms with Gasteiger partial charge < -0.3 is 0 Å². The van der Waals surface area contributed by atoms with Crippen LogP contribution in [-0.2, 0) is 6.42 Å². The number of hydrogen-bond donors (Lipinski definition) is 0. The van der Waals surface area contributed by atoms with Gasteiger partial charge in [0, 0.05) is 12.3 Å². The molecule has 0 saturated heterocycles. The van der Waals surface area contributed by atoms with Gasteiger partial charge in [0.05, 0.1) is 5.69 Å². The molecule has 2 heterocycles. The quantitative estimate of drug-likeness (QED) is 0.771. The highest BCUT2D eigenvalue weighted by Crippen LogP contribution is 2.21. The van der Waals surface area contributed by atoms with E-state index in [2.05, 4.69) is 20.9 Å². The SMILES string of the molecule is CCc1nc2c(F)cc(F)cn2c1Br. The Morgan fingerprint density at radius 2 is 2.21 bits per heavy atom. The Labute approximate surface area is 87.7 Å². The van der Waals surface area contributed by atoms with Crippen LogP contribution in [0, 0.1) is 11.6 Å². The van der Waals surface area contributed by atoms with Crippen LogP contribution in [0.5, 0.6) is 0 Å². The molecule has 2 aromatic rings. The molecular weight excluding hydrogens is 254 g/mol. The molecule has 0 aliphatic carbocycles. The second kappa shape index (κ2) is 3.31. The number of aromatic nitrogens is 2. The molecule has 0 unspecified atom stereocenters. The Balaban J connectivity index is 2.85. The third kappa shape index (κ3) is 1.32. The van der Waals surface area contributed by atoms with Crippen LogP contribution in [-0.4, -0.2) is 9.38 Å². The number of aryl methyl sites for hydroxylation is 1. The lowest BCUT2D eigenvalue weighted by atomic mass is 10.4. The second-order valence-electron chi connectivity index (χ2n) is 2.90. The molecule has 0 spiro atoms. The van der Waals surface area contributed by atoms with Crippen LogP contribution in [0.25, 0.3) is 5.65 Å². The predicted molar refractivity (Wildman–Crippen MR) is 52.2 cm³/mol.